The minimum absolute atomic E-state index is 0.280. The molecule has 1 unspecified atom stereocenters. The number of para-hydroxylation sites is 2. The Morgan fingerprint density at radius 1 is 0.622 bits per heavy atom. The molecule has 0 fully saturated rings. The Balaban J connectivity index is 1.26. The first-order valence-corrected chi connectivity index (χ1v) is 15.9. The largest absolute Gasteiger partial charge is 0.455 e. The maximum Gasteiger partial charge on any atom is 0.234 e. The maximum absolute atomic E-state index is 6.43. The molecule has 0 saturated heterocycles. The van der Waals surface area contributed by atoms with Gasteiger partial charge in [0.05, 0.1) is 15.7 Å². The van der Waals surface area contributed by atoms with Crippen LogP contribution in [0.3, 0.4) is 0 Å². The molecule has 6 heteroatoms. The van der Waals surface area contributed by atoms with Gasteiger partial charge in [-0.15, -0.1) is 11.3 Å². The number of aliphatic imine (C=N–C) groups is 2. The van der Waals surface area contributed by atoms with Crippen molar-refractivity contribution in [2.75, 3.05) is 0 Å². The van der Waals surface area contributed by atoms with E-state index in [1.165, 1.54) is 30.9 Å². The molecule has 6 aromatic carbocycles. The number of amidine groups is 1. The summed E-state index contributed by atoms with van der Waals surface area (Å²) in [5.74, 6) is 1.46. The summed E-state index contributed by atoms with van der Waals surface area (Å²) >= 11 is 1.80. The predicted molar refractivity (Wildman–Crippen MR) is 188 cm³/mol. The van der Waals surface area contributed by atoms with Gasteiger partial charge in [0.2, 0.25) is 5.96 Å². The van der Waals surface area contributed by atoms with Crippen LogP contribution in [-0.4, -0.2) is 16.4 Å². The molecule has 1 aliphatic rings. The lowest BCUT2D eigenvalue weighted by atomic mass is 10.1. The van der Waals surface area contributed by atoms with Gasteiger partial charge in [-0.2, -0.15) is 4.99 Å². The van der Waals surface area contributed by atoms with Crippen LogP contribution in [0.2, 0.25) is 0 Å². The number of benzene rings is 6. The number of hydrogen-bond donors (Lipinski definition) is 1. The Labute approximate surface area is 261 Å². The van der Waals surface area contributed by atoms with Crippen molar-refractivity contribution in [2.24, 2.45) is 9.98 Å². The summed E-state index contributed by atoms with van der Waals surface area (Å²) in [7, 11) is 0. The monoisotopic (exact) mass is 596 g/mol. The van der Waals surface area contributed by atoms with E-state index in [9.17, 15) is 0 Å². The van der Waals surface area contributed by atoms with Crippen molar-refractivity contribution < 1.29 is 4.42 Å². The second-order valence-corrected chi connectivity index (χ2v) is 12.5. The number of hydrogen-bond acceptors (Lipinski definition) is 5. The minimum atomic E-state index is -0.280. The molecular weight excluding hydrogens is 573 g/mol. The van der Waals surface area contributed by atoms with Crippen LogP contribution in [0.1, 0.15) is 17.3 Å². The highest BCUT2D eigenvalue weighted by Gasteiger charge is 2.24. The summed E-state index contributed by atoms with van der Waals surface area (Å²) in [5.41, 5.74) is 6.14. The zero-order chi connectivity index (χ0) is 29.5. The number of thiophene rings is 1. The highest BCUT2D eigenvalue weighted by molar-refractivity contribution is 7.26. The van der Waals surface area contributed by atoms with E-state index in [1.807, 2.05) is 36.4 Å². The first-order valence-electron chi connectivity index (χ1n) is 15.0. The molecule has 45 heavy (non-hydrogen) atoms. The van der Waals surface area contributed by atoms with Gasteiger partial charge >= 0.3 is 0 Å². The lowest BCUT2D eigenvalue weighted by Crippen LogP contribution is -2.35. The van der Waals surface area contributed by atoms with Crippen LogP contribution in [0.25, 0.3) is 63.9 Å². The zero-order valence-corrected chi connectivity index (χ0v) is 24.8. The second-order valence-electron chi connectivity index (χ2n) is 11.5. The van der Waals surface area contributed by atoms with Gasteiger partial charge in [-0.05, 0) is 35.9 Å². The Kier molecular flexibility index (Phi) is 5.15. The van der Waals surface area contributed by atoms with Crippen LogP contribution in [-0.2, 0) is 0 Å². The van der Waals surface area contributed by atoms with E-state index in [1.54, 1.807) is 11.3 Å². The SMILES string of the molecule is c1ccc(C2=NC(n3c4ccccc4c4cc5sc6c(ccc7c8ccccc8oc76)c5cc43)=NC(c3ccccc3)N2)cc1. The van der Waals surface area contributed by atoms with Crippen molar-refractivity contribution in [1.82, 2.24) is 9.88 Å². The highest BCUT2D eigenvalue weighted by atomic mass is 32.1. The smallest absolute Gasteiger partial charge is 0.234 e. The van der Waals surface area contributed by atoms with Crippen molar-refractivity contribution >= 4 is 87.0 Å². The third kappa shape index (κ3) is 3.66. The molecule has 0 radical (unpaired) electrons. The van der Waals surface area contributed by atoms with Crippen molar-refractivity contribution in [2.45, 2.75) is 6.17 Å². The van der Waals surface area contributed by atoms with E-state index in [0.29, 0.717) is 5.96 Å². The van der Waals surface area contributed by atoms with E-state index in [-0.39, 0.29) is 6.17 Å². The Bertz CT molecular complexity index is 2680. The first kappa shape index (κ1) is 24.7. The third-order valence-corrected chi connectivity index (χ3v) is 10.0. The van der Waals surface area contributed by atoms with Crippen LogP contribution in [0.4, 0.5) is 0 Å². The van der Waals surface area contributed by atoms with Gasteiger partial charge in [0.25, 0.3) is 0 Å². The lowest BCUT2D eigenvalue weighted by molar-refractivity contribution is 0.668. The Hall–Kier alpha value is -5.72. The number of furan rings is 1. The van der Waals surface area contributed by atoms with Crippen LogP contribution >= 0.6 is 11.3 Å². The van der Waals surface area contributed by atoms with Crippen molar-refractivity contribution in [3.63, 3.8) is 0 Å². The fourth-order valence-corrected chi connectivity index (χ4v) is 7.98. The maximum atomic E-state index is 6.43. The quantitative estimate of drug-likeness (QED) is 0.216. The van der Waals surface area contributed by atoms with Gasteiger partial charge in [-0.25, -0.2) is 4.99 Å². The fourth-order valence-electron chi connectivity index (χ4n) is 6.78. The summed E-state index contributed by atoms with van der Waals surface area (Å²) in [6.07, 6.45) is -0.280. The van der Waals surface area contributed by atoms with Gasteiger partial charge < -0.3 is 9.73 Å². The zero-order valence-electron chi connectivity index (χ0n) is 23.9. The Morgan fingerprint density at radius 2 is 1.36 bits per heavy atom. The average molecular weight is 597 g/mol. The molecule has 9 aromatic rings. The van der Waals surface area contributed by atoms with Crippen molar-refractivity contribution in [1.29, 1.82) is 0 Å². The molecule has 5 nitrogen and oxygen atoms in total. The molecule has 0 spiro atoms. The summed E-state index contributed by atoms with van der Waals surface area (Å²) in [6.45, 7) is 0. The van der Waals surface area contributed by atoms with Crippen LogP contribution in [0, 0.1) is 0 Å². The normalized spacial score (nSPS) is 15.3. The van der Waals surface area contributed by atoms with Gasteiger partial charge in [0.1, 0.15) is 17.6 Å². The predicted octanol–water partition coefficient (Wildman–Crippen LogP) is 10.0. The van der Waals surface area contributed by atoms with Crippen molar-refractivity contribution in [3.05, 3.63) is 145 Å². The van der Waals surface area contributed by atoms with E-state index in [4.69, 9.17) is 14.4 Å². The number of nitrogens with zero attached hydrogens (tertiary/aromatic N) is 3. The second kappa shape index (κ2) is 9.39. The molecule has 0 amide bonds. The number of nitrogens with one attached hydrogen (secondary N) is 1. The fraction of sp³-hybridized carbons (Fsp3) is 0.0256. The summed E-state index contributed by atoms with van der Waals surface area (Å²) in [5, 5.41) is 10.7. The molecule has 1 N–H and O–H groups in total. The molecule has 0 aliphatic carbocycles. The van der Waals surface area contributed by atoms with Crippen molar-refractivity contribution in [3.8, 4) is 0 Å². The summed E-state index contributed by atoms with van der Waals surface area (Å²) < 4.78 is 11.1. The number of rotatable bonds is 2. The molecule has 212 valence electrons. The number of aromatic nitrogens is 1. The summed E-state index contributed by atoms with van der Waals surface area (Å²) in [6, 6.07) is 46.6. The first-order chi connectivity index (χ1) is 22.3. The van der Waals surface area contributed by atoms with Crippen LogP contribution in [0.5, 0.6) is 0 Å². The van der Waals surface area contributed by atoms with Gasteiger partial charge in [0.15, 0.2) is 5.58 Å². The van der Waals surface area contributed by atoms with Gasteiger partial charge in [-0.3, -0.25) is 4.57 Å². The molecule has 3 aromatic heterocycles. The molecule has 1 atom stereocenters. The molecule has 10 rings (SSSR count). The van der Waals surface area contributed by atoms with E-state index >= 15 is 0 Å². The molecular formula is C39H24N4OS. The summed E-state index contributed by atoms with van der Waals surface area (Å²) in [4.78, 5) is 10.4. The topological polar surface area (TPSA) is 54.8 Å². The standard InChI is InChI=1S/C39H24N4OS/c1-3-11-23(12-4-1)37-40-38(24-13-5-2-6-14-24)42-39(41-37)43-31-17-9-7-15-25(31)29-22-34-30(21-32(29)43)28-20-19-27-26-16-8-10-18-33(26)44-35(27)36(28)45-34/h1-22,37H,(H,40,41,42). The van der Waals surface area contributed by atoms with Crippen LogP contribution < -0.4 is 5.32 Å². The lowest BCUT2D eigenvalue weighted by Gasteiger charge is -2.24. The highest BCUT2D eigenvalue weighted by Crippen LogP contribution is 2.44. The average Bonchev–Trinajstić information content (AvgIpc) is 3.77. The number of fused-ring (bicyclic) bond motifs is 10. The van der Waals surface area contributed by atoms with Gasteiger partial charge in [-0.1, -0.05) is 103 Å². The van der Waals surface area contributed by atoms with E-state index < -0.39 is 0 Å². The molecule has 0 bridgehead atoms. The van der Waals surface area contributed by atoms with E-state index in [0.717, 1.165) is 49.9 Å². The Morgan fingerprint density at radius 3 is 2.22 bits per heavy atom. The third-order valence-electron chi connectivity index (χ3n) is 8.87. The van der Waals surface area contributed by atoms with E-state index in [2.05, 4.69) is 107 Å². The van der Waals surface area contributed by atoms with Gasteiger partial charge in [0, 0.05) is 42.6 Å². The molecule has 0 saturated carbocycles. The molecule has 1 aliphatic heterocycles. The minimum Gasteiger partial charge on any atom is -0.455 e. The molecule has 4 heterocycles. The van der Waals surface area contributed by atoms with Crippen LogP contribution in [0.15, 0.2) is 148 Å².